The Labute approximate surface area is 173 Å². The largest absolute Gasteiger partial charge is 0.495 e. The van der Waals surface area contributed by atoms with Gasteiger partial charge in [0, 0.05) is 25.1 Å². The van der Waals surface area contributed by atoms with Gasteiger partial charge in [-0.05, 0) is 31.0 Å². The van der Waals surface area contributed by atoms with Crippen LogP contribution in [0.5, 0.6) is 11.5 Å². The predicted molar refractivity (Wildman–Crippen MR) is 110 cm³/mol. The minimum absolute atomic E-state index is 0.0955. The molecule has 3 rings (SSSR count). The standard InChI is InChI=1S/C21H23N3O6/c1-29-19-8-3-2-7-18(19)22-21(26)15-9-11-23(12-10-15)20(25)14-30-17-6-4-5-16(13-17)24(27)28/h2-8,13,15H,9-12,14H2,1H3,(H,22,26). The molecular formula is C21H23N3O6. The van der Waals surface area contributed by atoms with Gasteiger partial charge in [-0.2, -0.15) is 0 Å². The lowest BCUT2D eigenvalue weighted by atomic mass is 9.95. The van der Waals surface area contributed by atoms with E-state index in [-0.39, 0.29) is 35.8 Å². The third kappa shape index (κ3) is 5.25. The van der Waals surface area contributed by atoms with Crippen molar-refractivity contribution < 1.29 is 24.0 Å². The number of nitro benzene ring substituents is 1. The van der Waals surface area contributed by atoms with E-state index in [4.69, 9.17) is 9.47 Å². The van der Waals surface area contributed by atoms with Gasteiger partial charge in [0.25, 0.3) is 11.6 Å². The van der Waals surface area contributed by atoms with E-state index in [1.807, 2.05) is 12.1 Å². The van der Waals surface area contributed by atoms with E-state index in [0.29, 0.717) is 37.4 Å². The Morgan fingerprint density at radius 1 is 1.17 bits per heavy atom. The highest BCUT2D eigenvalue weighted by Gasteiger charge is 2.28. The predicted octanol–water partition coefficient (Wildman–Crippen LogP) is 2.86. The number of nitrogens with zero attached hydrogens (tertiary/aromatic N) is 2. The number of ether oxygens (including phenoxy) is 2. The fourth-order valence-electron chi connectivity index (χ4n) is 3.30. The summed E-state index contributed by atoms with van der Waals surface area (Å²) < 4.78 is 10.6. The molecule has 0 saturated carbocycles. The molecule has 0 bridgehead atoms. The highest BCUT2D eigenvalue weighted by atomic mass is 16.6. The first-order valence-electron chi connectivity index (χ1n) is 9.57. The number of non-ortho nitro benzene ring substituents is 1. The lowest BCUT2D eigenvalue weighted by Gasteiger charge is -2.31. The van der Waals surface area contributed by atoms with Crippen LogP contribution in [-0.4, -0.2) is 48.4 Å². The topological polar surface area (TPSA) is 111 Å². The Kier molecular flexibility index (Phi) is 6.84. The molecule has 0 spiro atoms. The van der Waals surface area contributed by atoms with Gasteiger partial charge in [0.15, 0.2) is 6.61 Å². The second-order valence-electron chi connectivity index (χ2n) is 6.89. The molecule has 1 N–H and O–H groups in total. The van der Waals surface area contributed by atoms with E-state index < -0.39 is 4.92 Å². The zero-order chi connectivity index (χ0) is 21.5. The van der Waals surface area contributed by atoms with Crippen molar-refractivity contribution >= 4 is 23.2 Å². The van der Waals surface area contributed by atoms with Crippen molar-refractivity contribution in [3.63, 3.8) is 0 Å². The van der Waals surface area contributed by atoms with E-state index in [1.165, 1.54) is 18.2 Å². The number of nitrogens with one attached hydrogen (secondary N) is 1. The second kappa shape index (κ2) is 9.73. The number of carbonyl (C=O) groups excluding carboxylic acids is 2. The Balaban J connectivity index is 1.47. The van der Waals surface area contributed by atoms with Crippen molar-refractivity contribution in [3.05, 3.63) is 58.6 Å². The lowest BCUT2D eigenvalue weighted by molar-refractivity contribution is -0.384. The molecule has 9 heteroatoms. The Bertz CT molecular complexity index is 924. The fourth-order valence-corrected chi connectivity index (χ4v) is 3.30. The van der Waals surface area contributed by atoms with Crippen molar-refractivity contribution in [2.45, 2.75) is 12.8 Å². The van der Waals surface area contributed by atoms with Crippen LogP contribution in [0.25, 0.3) is 0 Å². The summed E-state index contributed by atoms with van der Waals surface area (Å²) in [6.45, 7) is 0.682. The summed E-state index contributed by atoms with van der Waals surface area (Å²) in [7, 11) is 1.55. The van der Waals surface area contributed by atoms with E-state index >= 15 is 0 Å². The molecule has 1 fully saturated rings. The van der Waals surface area contributed by atoms with Gasteiger partial charge in [0.05, 0.1) is 23.8 Å². The number of hydrogen-bond acceptors (Lipinski definition) is 6. The van der Waals surface area contributed by atoms with Crippen molar-refractivity contribution in [3.8, 4) is 11.5 Å². The van der Waals surface area contributed by atoms with Gasteiger partial charge in [-0.15, -0.1) is 0 Å². The fraction of sp³-hybridized carbons (Fsp3) is 0.333. The maximum atomic E-state index is 12.6. The van der Waals surface area contributed by atoms with Gasteiger partial charge in [-0.25, -0.2) is 0 Å². The summed E-state index contributed by atoms with van der Waals surface area (Å²) in [5.41, 5.74) is 0.524. The van der Waals surface area contributed by atoms with Crippen LogP contribution in [0.2, 0.25) is 0 Å². The summed E-state index contributed by atoms with van der Waals surface area (Å²) in [4.78, 5) is 36.9. The Morgan fingerprint density at radius 3 is 2.60 bits per heavy atom. The zero-order valence-electron chi connectivity index (χ0n) is 16.6. The molecule has 1 saturated heterocycles. The van der Waals surface area contributed by atoms with Gasteiger partial charge in [-0.1, -0.05) is 18.2 Å². The van der Waals surface area contributed by atoms with Crippen LogP contribution in [0.1, 0.15) is 12.8 Å². The first-order valence-corrected chi connectivity index (χ1v) is 9.57. The smallest absolute Gasteiger partial charge is 0.273 e. The van der Waals surface area contributed by atoms with Crippen molar-refractivity contribution in [2.24, 2.45) is 5.92 Å². The molecule has 158 valence electrons. The number of methoxy groups -OCH3 is 1. The van der Waals surface area contributed by atoms with Crippen LogP contribution in [0, 0.1) is 16.0 Å². The van der Waals surface area contributed by atoms with Gasteiger partial charge in [-0.3, -0.25) is 19.7 Å². The third-order valence-electron chi connectivity index (χ3n) is 4.97. The van der Waals surface area contributed by atoms with Gasteiger partial charge in [0.1, 0.15) is 11.5 Å². The van der Waals surface area contributed by atoms with E-state index in [9.17, 15) is 19.7 Å². The number of likely N-dealkylation sites (tertiary alicyclic amines) is 1. The molecule has 30 heavy (non-hydrogen) atoms. The van der Waals surface area contributed by atoms with Gasteiger partial charge >= 0.3 is 0 Å². The highest BCUT2D eigenvalue weighted by Crippen LogP contribution is 2.26. The Morgan fingerprint density at radius 2 is 1.90 bits per heavy atom. The molecule has 2 aromatic carbocycles. The molecule has 1 aliphatic heterocycles. The molecule has 1 heterocycles. The zero-order valence-corrected chi connectivity index (χ0v) is 16.6. The molecule has 1 aliphatic rings. The molecule has 2 amide bonds. The second-order valence-corrected chi connectivity index (χ2v) is 6.89. The SMILES string of the molecule is COc1ccccc1NC(=O)C1CCN(C(=O)COc2cccc([N+](=O)[O-])c2)CC1. The molecule has 0 unspecified atom stereocenters. The summed E-state index contributed by atoms with van der Waals surface area (Å²) in [6, 6.07) is 12.9. The maximum absolute atomic E-state index is 12.6. The average Bonchev–Trinajstić information content (AvgIpc) is 2.78. The summed E-state index contributed by atoms with van der Waals surface area (Å²) in [5.74, 6) is 0.349. The molecular weight excluding hydrogens is 390 g/mol. The van der Waals surface area contributed by atoms with Gasteiger partial charge in [0.2, 0.25) is 5.91 Å². The molecule has 0 aromatic heterocycles. The first kappa shape index (κ1) is 21.1. The van der Waals surface area contributed by atoms with Crippen LogP contribution in [0.3, 0.4) is 0 Å². The summed E-state index contributed by atoms with van der Waals surface area (Å²) in [5, 5.41) is 13.7. The van der Waals surface area contributed by atoms with Crippen molar-refractivity contribution in [1.82, 2.24) is 4.90 Å². The molecule has 9 nitrogen and oxygen atoms in total. The number of piperidine rings is 1. The summed E-state index contributed by atoms with van der Waals surface area (Å²) in [6.07, 6.45) is 1.09. The van der Waals surface area contributed by atoms with Crippen LogP contribution in [0.15, 0.2) is 48.5 Å². The van der Waals surface area contributed by atoms with Crippen LogP contribution < -0.4 is 14.8 Å². The number of para-hydroxylation sites is 2. The number of carbonyl (C=O) groups is 2. The molecule has 0 aliphatic carbocycles. The normalized spacial score (nSPS) is 14.1. The molecule has 2 aromatic rings. The molecule has 0 atom stereocenters. The minimum Gasteiger partial charge on any atom is -0.495 e. The van der Waals surface area contributed by atoms with E-state index in [0.717, 1.165) is 0 Å². The summed E-state index contributed by atoms with van der Waals surface area (Å²) >= 11 is 0. The van der Waals surface area contributed by atoms with Crippen molar-refractivity contribution in [1.29, 1.82) is 0 Å². The van der Waals surface area contributed by atoms with Crippen LogP contribution in [0.4, 0.5) is 11.4 Å². The lowest BCUT2D eigenvalue weighted by Crippen LogP contribution is -2.43. The monoisotopic (exact) mass is 413 g/mol. The minimum atomic E-state index is -0.518. The van der Waals surface area contributed by atoms with Crippen LogP contribution >= 0.6 is 0 Å². The first-order chi connectivity index (χ1) is 14.5. The number of rotatable bonds is 7. The maximum Gasteiger partial charge on any atom is 0.273 e. The Hall–Kier alpha value is -3.62. The van der Waals surface area contributed by atoms with Gasteiger partial charge < -0.3 is 19.7 Å². The van der Waals surface area contributed by atoms with E-state index in [2.05, 4.69) is 5.32 Å². The quantitative estimate of drug-likeness (QED) is 0.552. The third-order valence-corrected chi connectivity index (χ3v) is 4.97. The van der Waals surface area contributed by atoms with Crippen molar-refractivity contribution in [2.75, 3.05) is 32.1 Å². The van der Waals surface area contributed by atoms with E-state index in [1.54, 1.807) is 30.2 Å². The van der Waals surface area contributed by atoms with Crippen LogP contribution in [-0.2, 0) is 9.59 Å². The highest BCUT2D eigenvalue weighted by molar-refractivity contribution is 5.94. The number of benzene rings is 2. The number of nitro groups is 1. The average molecular weight is 413 g/mol. The number of hydrogen-bond donors (Lipinski definition) is 1. The number of anilines is 1. The number of amides is 2. The molecule has 0 radical (unpaired) electrons.